The molecular weight excluding hydrogens is 254 g/mol. The molecule has 0 radical (unpaired) electrons. The van der Waals surface area contributed by atoms with Gasteiger partial charge in [0.05, 0.1) is 13.1 Å². The molecule has 1 heterocycles. The first kappa shape index (κ1) is 14.5. The number of fused-ring (bicyclic) bond motifs is 1. The van der Waals surface area contributed by atoms with Gasteiger partial charge in [0.15, 0.2) is 0 Å². The molecule has 5 nitrogen and oxygen atoms in total. The Labute approximate surface area is 119 Å². The minimum absolute atomic E-state index is 0.0184. The summed E-state index contributed by atoms with van der Waals surface area (Å²) < 4.78 is 0. The molecule has 2 N–H and O–H groups in total. The first-order valence-electron chi connectivity index (χ1n) is 6.89. The first-order valence-corrected chi connectivity index (χ1v) is 6.89. The number of rotatable bonds is 5. The molecule has 2 amide bonds. The number of benzene rings is 1. The Bertz CT molecular complexity index is 514. The van der Waals surface area contributed by atoms with E-state index in [-0.39, 0.29) is 25.0 Å². The second-order valence-corrected chi connectivity index (χ2v) is 5.39. The molecule has 20 heavy (non-hydrogen) atoms. The van der Waals surface area contributed by atoms with Crippen LogP contribution in [0.3, 0.4) is 0 Å². The van der Waals surface area contributed by atoms with Crippen LogP contribution in [0.1, 0.15) is 19.4 Å². The van der Waals surface area contributed by atoms with Crippen LogP contribution in [-0.2, 0) is 16.0 Å². The Morgan fingerprint density at radius 2 is 2.00 bits per heavy atom. The van der Waals surface area contributed by atoms with Crippen molar-refractivity contribution in [3.63, 3.8) is 0 Å². The molecule has 1 aromatic rings. The number of primary amides is 1. The molecule has 5 heteroatoms. The number of carbonyl (C=O) groups is 2. The molecule has 0 fully saturated rings. The Morgan fingerprint density at radius 1 is 1.30 bits per heavy atom. The van der Waals surface area contributed by atoms with Crippen LogP contribution in [0, 0.1) is 0 Å². The molecule has 0 unspecified atom stereocenters. The fourth-order valence-corrected chi connectivity index (χ4v) is 2.48. The highest BCUT2D eigenvalue weighted by Crippen LogP contribution is 2.27. The smallest absolute Gasteiger partial charge is 0.241 e. The van der Waals surface area contributed by atoms with E-state index in [1.807, 2.05) is 38.1 Å². The zero-order chi connectivity index (χ0) is 14.7. The molecule has 2 rings (SSSR count). The van der Waals surface area contributed by atoms with Crippen LogP contribution < -0.4 is 10.6 Å². The van der Waals surface area contributed by atoms with Crippen LogP contribution in [0.15, 0.2) is 24.3 Å². The van der Waals surface area contributed by atoms with Gasteiger partial charge in [-0.3, -0.25) is 14.5 Å². The van der Waals surface area contributed by atoms with Gasteiger partial charge in [-0.1, -0.05) is 18.2 Å². The van der Waals surface area contributed by atoms with Gasteiger partial charge in [-0.15, -0.1) is 0 Å². The van der Waals surface area contributed by atoms with Gasteiger partial charge in [-0.05, 0) is 31.9 Å². The molecule has 0 atom stereocenters. The fourth-order valence-electron chi connectivity index (χ4n) is 2.48. The fraction of sp³-hybridized carbons (Fsp3) is 0.467. The van der Waals surface area contributed by atoms with Crippen LogP contribution in [-0.4, -0.2) is 42.4 Å². The van der Waals surface area contributed by atoms with Gasteiger partial charge in [-0.2, -0.15) is 0 Å². The van der Waals surface area contributed by atoms with Crippen molar-refractivity contribution in [3.05, 3.63) is 29.8 Å². The summed E-state index contributed by atoms with van der Waals surface area (Å²) in [5.74, 6) is -0.391. The van der Waals surface area contributed by atoms with Crippen molar-refractivity contribution in [2.45, 2.75) is 26.3 Å². The third-order valence-electron chi connectivity index (χ3n) is 3.62. The molecule has 0 aliphatic carbocycles. The van der Waals surface area contributed by atoms with Crippen molar-refractivity contribution in [2.75, 3.05) is 24.5 Å². The van der Waals surface area contributed by atoms with Crippen LogP contribution in [0.4, 0.5) is 5.69 Å². The molecular formula is C15H21N3O2. The Hall–Kier alpha value is -1.88. The van der Waals surface area contributed by atoms with Gasteiger partial charge in [-0.25, -0.2) is 0 Å². The molecule has 108 valence electrons. The van der Waals surface area contributed by atoms with E-state index in [4.69, 9.17) is 5.73 Å². The zero-order valence-corrected chi connectivity index (χ0v) is 12.0. The lowest BCUT2D eigenvalue weighted by Gasteiger charge is -2.27. The van der Waals surface area contributed by atoms with E-state index in [0.717, 1.165) is 12.1 Å². The molecule has 1 aliphatic heterocycles. The minimum Gasteiger partial charge on any atom is -0.369 e. The highest BCUT2D eigenvalue weighted by Gasteiger charge is 2.26. The van der Waals surface area contributed by atoms with E-state index in [0.29, 0.717) is 6.54 Å². The summed E-state index contributed by atoms with van der Waals surface area (Å²) in [6.07, 6.45) is 0.888. The Morgan fingerprint density at radius 3 is 2.65 bits per heavy atom. The number of carbonyl (C=O) groups excluding carboxylic acids is 2. The molecule has 1 aliphatic rings. The van der Waals surface area contributed by atoms with Gasteiger partial charge >= 0.3 is 0 Å². The van der Waals surface area contributed by atoms with Gasteiger partial charge in [0.1, 0.15) is 0 Å². The third-order valence-corrected chi connectivity index (χ3v) is 3.62. The van der Waals surface area contributed by atoms with Crippen molar-refractivity contribution in [1.29, 1.82) is 0 Å². The number of hydrogen-bond acceptors (Lipinski definition) is 3. The van der Waals surface area contributed by atoms with Gasteiger partial charge in [0.25, 0.3) is 0 Å². The molecule has 0 spiro atoms. The van der Waals surface area contributed by atoms with E-state index < -0.39 is 5.91 Å². The summed E-state index contributed by atoms with van der Waals surface area (Å²) >= 11 is 0. The SMILES string of the molecule is CC(C)N(CC(N)=O)CC(=O)N1CCc2ccccc21. The summed E-state index contributed by atoms with van der Waals surface area (Å²) in [6, 6.07) is 8.04. The maximum absolute atomic E-state index is 12.4. The first-order chi connectivity index (χ1) is 9.49. The minimum atomic E-state index is -0.409. The van der Waals surface area contributed by atoms with E-state index in [2.05, 4.69) is 0 Å². The monoisotopic (exact) mass is 275 g/mol. The number of para-hydroxylation sites is 1. The topological polar surface area (TPSA) is 66.6 Å². The van der Waals surface area contributed by atoms with E-state index in [1.54, 1.807) is 9.80 Å². The summed E-state index contributed by atoms with van der Waals surface area (Å²) in [4.78, 5) is 27.1. The largest absolute Gasteiger partial charge is 0.369 e. The van der Waals surface area contributed by atoms with Crippen LogP contribution >= 0.6 is 0 Å². The average molecular weight is 275 g/mol. The predicted octanol–water partition coefficient (Wildman–Crippen LogP) is 0.771. The standard InChI is InChI=1S/C15H21N3O2/c1-11(2)17(9-14(16)19)10-15(20)18-8-7-12-5-3-4-6-13(12)18/h3-6,11H,7-10H2,1-2H3,(H2,16,19). The van der Waals surface area contributed by atoms with Gasteiger partial charge in [0, 0.05) is 18.3 Å². The highest BCUT2D eigenvalue weighted by atomic mass is 16.2. The van der Waals surface area contributed by atoms with Crippen LogP contribution in [0.25, 0.3) is 0 Å². The van der Waals surface area contributed by atoms with Crippen molar-refractivity contribution < 1.29 is 9.59 Å². The molecule has 0 bridgehead atoms. The number of hydrogen-bond donors (Lipinski definition) is 1. The predicted molar refractivity (Wildman–Crippen MR) is 78.4 cm³/mol. The normalized spacial score (nSPS) is 13.9. The lowest BCUT2D eigenvalue weighted by Crippen LogP contribution is -2.45. The summed E-state index contributed by atoms with van der Waals surface area (Å²) in [5, 5.41) is 0. The molecule has 0 saturated carbocycles. The van der Waals surface area contributed by atoms with Gasteiger partial charge < -0.3 is 10.6 Å². The number of nitrogens with two attached hydrogens (primary N) is 1. The Kier molecular flexibility index (Phi) is 4.39. The summed E-state index contributed by atoms with van der Waals surface area (Å²) in [5.41, 5.74) is 7.42. The van der Waals surface area contributed by atoms with Crippen molar-refractivity contribution in [1.82, 2.24) is 4.90 Å². The van der Waals surface area contributed by atoms with E-state index >= 15 is 0 Å². The summed E-state index contributed by atoms with van der Waals surface area (Å²) in [6.45, 7) is 4.94. The third kappa shape index (κ3) is 3.17. The van der Waals surface area contributed by atoms with Crippen LogP contribution in [0.2, 0.25) is 0 Å². The number of nitrogens with zero attached hydrogens (tertiary/aromatic N) is 2. The Balaban J connectivity index is 2.07. The summed E-state index contributed by atoms with van der Waals surface area (Å²) in [7, 11) is 0. The molecule has 0 aromatic heterocycles. The van der Waals surface area contributed by atoms with Crippen molar-refractivity contribution >= 4 is 17.5 Å². The number of amides is 2. The average Bonchev–Trinajstić information content (AvgIpc) is 2.81. The maximum Gasteiger partial charge on any atom is 0.241 e. The van der Waals surface area contributed by atoms with Crippen molar-refractivity contribution in [3.8, 4) is 0 Å². The lowest BCUT2D eigenvalue weighted by molar-refractivity contribution is -0.122. The van der Waals surface area contributed by atoms with Gasteiger partial charge in [0.2, 0.25) is 11.8 Å². The molecule has 1 aromatic carbocycles. The van der Waals surface area contributed by atoms with Crippen LogP contribution in [0.5, 0.6) is 0 Å². The van der Waals surface area contributed by atoms with E-state index in [9.17, 15) is 9.59 Å². The van der Waals surface area contributed by atoms with E-state index in [1.165, 1.54) is 5.56 Å². The molecule has 0 saturated heterocycles. The number of anilines is 1. The maximum atomic E-state index is 12.4. The highest BCUT2D eigenvalue weighted by molar-refractivity contribution is 5.97. The second kappa shape index (κ2) is 6.05. The lowest BCUT2D eigenvalue weighted by atomic mass is 10.2. The second-order valence-electron chi connectivity index (χ2n) is 5.39. The zero-order valence-electron chi connectivity index (χ0n) is 12.0. The van der Waals surface area contributed by atoms with Crippen molar-refractivity contribution in [2.24, 2.45) is 5.73 Å². The quantitative estimate of drug-likeness (QED) is 0.863.